The molecular formula is C14H11FN2. The van der Waals surface area contributed by atoms with Gasteiger partial charge in [0.05, 0.1) is 17.3 Å². The first kappa shape index (κ1) is 10.1. The number of aryl methyl sites for hydroxylation is 1. The SMILES string of the molecule is Cc1cc(-c2cnc3c(c2)=NCC=3)ccc1F. The van der Waals surface area contributed by atoms with Gasteiger partial charge in [-0.2, -0.15) is 0 Å². The quantitative estimate of drug-likeness (QED) is 0.725. The smallest absolute Gasteiger partial charge is 0.126 e. The van der Waals surface area contributed by atoms with Crippen molar-refractivity contribution in [2.75, 3.05) is 6.54 Å². The molecule has 0 saturated carbocycles. The Morgan fingerprint density at radius 2 is 2.06 bits per heavy atom. The second-order valence-electron chi connectivity index (χ2n) is 4.14. The number of hydrogen-bond acceptors (Lipinski definition) is 2. The van der Waals surface area contributed by atoms with Crippen molar-refractivity contribution in [3.05, 3.63) is 52.5 Å². The van der Waals surface area contributed by atoms with Crippen LogP contribution in [0.5, 0.6) is 0 Å². The summed E-state index contributed by atoms with van der Waals surface area (Å²) in [6.45, 7) is 2.46. The first-order valence-corrected chi connectivity index (χ1v) is 5.51. The van der Waals surface area contributed by atoms with Gasteiger partial charge in [0.25, 0.3) is 0 Å². The highest BCUT2D eigenvalue weighted by atomic mass is 19.1. The van der Waals surface area contributed by atoms with E-state index in [0.717, 1.165) is 21.8 Å². The van der Waals surface area contributed by atoms with E-state index in [1.54, 1.807) is 13.0 Å². The summed E-state index contributed by atoms with van der Waals surface area (Å²) >= 11 is 0. The highest BCUT2D eigenvalue weighted by Gasteiger charge is 2.04. The Balaban J connectivity index is 2.17. The molecule has 3 rings (SSSR count). The van der Waals surface area contributed by atoms with Gasteiger partial charge in [0.15, 0.2) is 0 Å². The lowest BCUT2D eigenvalue weighted by molar-refractivity contribution is 0.619. The zero-order chi connectivity index (χ0) is 11.8. The molecule has 1 aliphatic rings. The van der Waals surface area contributed by atoms with Crippen LogP contribution in [-0.2, 0) is 0 Å². The van der Waals surface area contributed by atoms with Gasteiger partial charge in [-0.15, -0.1) is 0 Å². The topological polar surface area (TPSA) is 25.2 Å². The molecule has 2 aromatic rings. The third kappa shape index (κ3) is 1.73. The molecule has 0 aliphatic carbocycles. The summed E-state index contributed by atoms with van der Waals surface area (Å²) in [5.74, 6) is -0.180. The van der Waals surface area contributed by atoms with Crippen molar-refractivity contribution < 1.29 is 4.39 Å². The van der Waals surface area contributed by atoms with E-state index in [9.17, 15) is 4.39 Å². The molecule has 2 heterocycles. The van der Waals surface area contributed by atoms with E-state index in [1.807, 2.05) is 24.4 Å². The first-order chi connectivity index (χ1) is 8.24. The van der Waals surface area contributed by atoms with Crippen molar-refractivity contribution in [3.8, 4) is 11.1 Å². The largest absolute Gasteiger partial charge is 0.279 e. The van der Waals surface area contributed by atoms with E-state index in [2.05, 4.69) is 9.98 Å². The predicted octanol–water partition coefficient (Wildman–Crippen LogP) is 1.61. The fourth-order valence-electron chi connectivity index (χ4n) is 1.96. The summed E-state index contributed by atoms with van der Waals surface area (Å²) in [4.78, 5) is 8.68. The Labute approximate surface area is 98.2 Å². The van der Waals surface area contributed by atoms with E-state index in [4.69, 9.17) is 0 Å². The molecule has 0 radical (unpaired) electrons. The standard InChI is InChI=1S/C14H11FN2/c1-9-6-10(2-3-12(9)15)11-7-14-13(17-8-11)4-5-16-14/h2-4,6-8H,5H2,1H3. The fourth-order valence-corrected chi connectivity index (χ4v) is 1.96. The van der Waals surface area contributed by atoms with Crippen molar-refractivity contribution in [2.24, 2.45) is 4.99 Å². The number of aromatic nitrogens is 1. The zero-order valence-electron chi connectivity index (χ0n) is 9.44. The third-order valence-electron chi connectivity index (χ3n) is 2.93. The first-order valence-electron chi connectivity index (χ1n) is 5.51. The molecule has 1 aromatic heterocycles. The molecule has 0 N–H and O–H groups in total. The number of hydrogen-bond donors (Lipinski definition) is 0. The van der Waals surface area contributed by atoms with E-state index < -0.39 is 0 Å². The van der Waals surface area contributed by atoms with Crippen LogP contribution in [0.2, 0.25) is 0 Å². The maximum Gasteiger partial charge on any atom is 0.126 e. The molecule has 0 bridgehead atoms. The predicted molar refractivity (Wildman–Crippen MR) is 64.5 cm³/mol. The Hall–Kier alpha value is -2.03. The Bertz CT molecular complexity index is 705. The molecule has 0 spiro atoms. The molecule has 1 aliphatic heterocycles. The number of nitrogens with zero attached hydrogens (tertiary/aromatic N) is 2. The summed E-state index contributed by atoms with van der Waals surface area (Å²) in [6.07, 6.45) is 3.80. The fraction of sp³-hybridized carbons (Fsp3) is 0.143. The van der Waals surface area contributed by atoms with Gasteiger partial charge in [-0.05, 0) is 42.3 Å². The minimum atomic E-state index is -0.180. The van der Waals surface area contributed by atoms with E-state index in [0.29, 0.717) is 12.1 Å². The Morgan fingerprint density at radius 3 is 2.88 bits per heavy atom. The summed E-state index contributed by atoms with van der Waals surface area (Å²) in [5, 5.41) is 1.86. The van der Waals surface area contributed by atoms with Crippen molar-refractivity contribution in [1.82, 2.24) is 4.98 Å². The monoisotopic (exact) mass is 226 g/mol. The lowest BCUT2D eigenvalue weighted by atomic mass is 10.0. The van der Waals surface area contributed by atoms with Crippen molar-refractivity contribution >= 4 is 6.08 Å². The summed E-state index contributed by atoms with van der Waals surface area (Å²) < 4.78 is 13.2. The molecule has 1 aromatic carbocycles. The summed E-state index contributed by atoms with van der Waals surface area (Å²) in [7, 11) is 0. The lowest BCUT2D eigenvalue weighted by Gasteiger charge is -2.03. The molecule has 2 nitrogen and oxygen atoms in total. The number of halogens is 1. The zero-order valence-corrected chi connectivity index (χ0v) is 9.44. The van der Waals surface area contributed by atoms with Crippen LogP contribution in [0.3, 0.4) is 0 Å². The maximum atomic E-state index is 13.2. The number of fused-ring (bicyclic) bond motifs is 1. The van der Waals surface area contributed by atoms with Crippen LogP contribution in [-0.4, -0.2) is 11.5 Å². The average molecular weight is 226 g/mol. The van der Waals surface area contributed by atoms with Crippen LogP contribution in [0.25, 0.3) is 17.2 Å². The van der Waals surface area contributed by atoms with Crippen LogP contribution in [0.1, 0.15) is 5.56 Å². The van der Waals surface area contributed by atoms with Gasteiger partial charge in [-0.3, -0.25) is 9.98 Å². The van der Waals surface area contributed by atoms with Crippen LogP contribution in [0, 0.1) is 12.7 Å². The van der Waals surface area contributed by atoms with Gasteiger partial charge in [-0.25, -0.2) is 4.39 Å². The highest BCUT2D eigenvalue weighted by molar-refractivity contribution is 5.63. The molecule has 0 unspecified atom stereocenters. The van der Waals surface area contributed by atoms with Crippen LogP contribution in [0.15, 0.2) is 35.5 Å². The van der Waals surface area contributed by atoms with Crippen LogP contribution in [0.4, 0.5) is 4.39 Å². The van der Waals surface area contributed by atoms with Gasteiger partial charge in [0, 0.05) is 11.8 Å². The molecule has 0 saturated heterocycles. The Morgan fingerprint density at radius 1 is 1.18 bits per heavy atom. The average Bonchev–Trinajstić information content (AvgIpc) is 2.79. The van der Waals surface area contributed by atoms with Crippen molar-refractivity contribution in [3.63, 3.8) is 0 Å². The third-order valence-corrected chi connectivity index (χ3v) is 2.93. The summed E-state index contributed by atoms with van der Waals surface area (Å²) in [6, 6.07) is 7.08. The second kappa shape index (κ2) is 3.77. The molecule has 0 amide bonds. The molecule has 0 fully saturated rings. The normalized spacial score (nSPS) is 12.8. The molecule has 3 heteroatoms. The minimum Gasteiger partial charge on any atom is -0.279 e. The summed E-state index contributed by atoms with van der Waals surface area (Å²) in [5.41, 5.74) is 2.60. The molecule has 84 valence electrons. The number of benzene rings is 1. The number of pyridine rings is 1. The van der Waals surface area contributed by atoms with Gasteiger partial charge >= 0.3 is 0 Å². The van der Waals surface area contributed by atoms with Gasteiger partial charge < -0.3 is 0 Å². The van der Waals surface area contributed by atoms with Gasteiger partial charge in [0.1, 0.15) is 5.82 Å². The van der Waals surface area contributed by atoms with Gasteiger partial charge in [-0.1, -0.05) is 6.07 Å². The minimum absolute atomic E-state index is 0.180. The highest BCUT2D eigenvalue weighted by Crippen LogP contribution is 2.19. The van der Waals surface area contributed by atoms with Crippen LogP contribution < -0.4 is 10.7 Å². The van der Waals surface area contributed by atoms with Gasteiger partial charge in [0.2, 0.25) is 0 Å². The van der Waals surface area contributed by atoms with E-state index >= 15 is 0 Å². The van der Waals surface area contributed by atoms with Crippen molar-refractivity contribution in [2.45, 2.75) is 6.92 Å². The molecule has 17 heavy (non-hydrogen) atoms. The number of rotatable bonds is 1. The second-order valence-corrected chi connectivity index (χ2v) is 4.14. The Kier molecular flexibility index (Phi) is 2.25. The van der Waals surface area contributed by atoms with Crippen molar-refractivity contribution in [1.29, 1.82) is 0 Å². The maximum absolute atomic E-state index is 13.2. The van der Waals surface area contributed by atoms with E-state index in [1.165, 1.54) is 6.07 Å². The lowest BCUT2D eigenvalue weighted by Crippen LogP contribution is -2.24. The molecule has 0 atom stereocenters. The van der Waals surface area contributed by atoms with Crippen LogP contribution >= 0.6 is 0 Å². The van der Waals surface area contributed by atoms with E-state index in [-0.39, 0.29) is 5.82 Å². The molecular weight excluding hydrogens is 215 g/mol.